The lowest BCUT2D eigenvalue weighted by atomic mass is 10.1. The van der Waals surface area contributed by atoms with Crippen LogP contribution in [0.15, 0.2) is 36.7 Å². The van der Waals surface area contributed by atoms with Crippen molar-refractivity contribution in [3.63, 3.8) is 0 Å². The highest BCUT2D eigenvalue weighted by atomic mass is 19.1. The van der Waals surface area contributed by atoms with Crippen LogP contribution >= 0.6 is 0 Å². The Labute approximate surface area is 122 Å². The van der Waals surface area contributed by atoms with Gasteiger partial charge in [-0.1, -0.05) is 6.92 Å². The molecule has 1 unspecified atom stereocenters. The van der Waals surface area contributed by atoms with E-state index < -0.39 is 10.7 Å². The van der Waals surface area contributed by atoms with E-state index in [-0.39, 0.29) is 18.3 Å². The molecule has 0 amide bonds. The van der Waals surface area contributed by atoms with Crippen molar-refractivity contribution in [1.82, 2.24) is 4.57 Å². The average molecular weight is 291 g/mol. The zero-order chi connectivity index (χ0) is 15.4. The lowest BCUT2D eigenvalue weighted by Crippen LogP contribution is -2.21. The summed E-state index contributed by atoms with van der Waals surface area (Å²) in [7, 11) is 0. The monoisotopic (exact) mass is 291 g/mol. The fourth-order valence-corrected chi connectivity index (χ4v) is 2.21. The first-order valence-electron chi connectivity index (χ1n) is 6.82. The molecule has 112 valence electrons. The van der Waals surface area contributed by atoms with Gasteiger partial charge in [-0.3, -0.25) is 10.1 Å². The molecule has 0 bridgehead atoms. The van der Waals surface area contributed by atoms with E-state index in [9.17, 15) is 14.5 Å². The van der Waals surface area contributed by atoms with Crippen LogP contribution in [0.3, 0.4) is 0 Å². The van der Waals surface area contributed by atoms with E-state index in [4.69, 9.17) is 5.73 Å². The molecule has 1 atom stereocenters. The summed E-state index contributed by atoms with van der Waals surface area (Å²) < 4.78 is 15.1. The van der Waals surface area contributed by atoms with Crippen LogP contribution in [0, 0.1) is 15.9 Å². The first-order valence-corrected chi connectivity index (χ1v) is 6.82. The number of nitrogens with zero attached hydrogens (tertiary/aromatic N) is 2. The standard InChI is InChI=1S/C15H18FN3O2/c1-2-14(17)7-11-5-6-18(9-11)10-12-8-13(16)3-4-15(12)19(20)21/h3-6,8-9,14H,2,7,10,17H2,1H3. The van der Waals surface area contributed by atoms with Crippen LogP contribution in [0.1, 0.15) is 24.5 Å². The maximum Gasteiger partial charge on any atom is 0.274 e. The first kappa shape index (κ1) is 15.2. The number of hydrogen-bond acceptors (Lipinski definition) is 3. The maximum absolute atomic E-state index is 13.3. The van der Waals surface area contributed by atoms with Gasteiger partial charge in [-0.2, -0.15) is 0 Å². The van der Waals surface area contributed by atoms with Crippen molar-refractivity contribution in [2.24, 2.45) is 5.73 Å². The van der Waals surface area contributed by atoms with Gasteiger partial charge in [0.05, 0.1) is 17.0 Å². The minimum absolute atomic E-state index is 0.0723. The Morgan fingerprint density at radius 2 is 2.19 bits per heavy atom. The van der Waals surface area contributed by atoms with E-state index in [1.165, 1.54) is 12.1 Å². The van der Waals surface area contributed by atoms with Crippen LogP contribution in [0.4, 0.5) is 10.1 Å². The summed E-state index contributed by atoms with van der Waals surface area (Å²) in [5.41, 5.74) is 7.25. The second-order valence-corrected chi connectivity index (χ2v) is 5.09. The zero-order valence-corrected chi connectivity index (χ0v) is 11.8. The molecule has 2 rings (SSSR count). The van der Waals surface area contributed by atoms with Gasteiger partial charge < -0.3 is 10.3 Å². The molecule has 21 heavy (non-hydrogen) atoms. The summed E-state index contributed by atoms with van der Waals surface area (Å²) in [6.07, 6.45) is 5.37. The summed E-state index contributed by atoms with van der Waals surface area (Å²) in [6, 6.07) is 5.53. The van der Waals surface area contributed by atoms with Crippen LogP contribution in [0.5, 0.6) is 0 Å². The maximum atomic E-state index is 13.3. The quantitative estimate of drug-likeness (QED) is 0.657. The average Bonchev–Trinajstić information content (AvgIpc) is 2.85. The molecule has 6 heteroatoms. The van der Waals surface area contributed by atoms with Crippen LogP contribution < -0.4 is 5.73 Å². The summed E-state index contributed by atoms with van der Waals surface area (Å²) in [4.78, 5) is 10.5. The fraction of sp³-hybridized carbons (Fsp3) is 0.333. The van der Waals surface area contributed by atoms with Gasteiger partial charge in [0.2, 0.25) is 0 Å². The second-order valence-electron chi connectivity index (χ2n) is 5.09. The van der Waals surface area contributed by atoms with Gasteiger partial charge in [-0.25, -0.2) is 4.39 Å². The molecule has 2 aromatic rings. The van der Waals surface area contributed by atoms with Crippen molar-refractivity contribution in [3.8, 4) is 0 Å². The first-order chi connectivity index (χ1) is 9.99. The molecule has 0 spiro atoms. The van der Waals surface area contributed by atoms with E-state index in [1.54, 1.807) is 4.57 Å². The number of benzene rings is 1. The highest BCUT2D eigenvalue weighted by molar-refractivity contribution is 5.40. The van der Waals surface area contributed by atoms with Gasteiger partial charge >= 0.3 is 0 Å². The van der Waals surface area contributed by atoms with Crippen LogP contribution in [-0.4, -0.2) is 15.5 Å². The highest BCUT2D eigenvalue weighted by Crippen LogP contribution is 2.21. The molecule has 5 nitrogen and oxygen atoms in total. The minimum Gasteiger partial charge on any atom is -0.349 e. The van der Waals surface area contributed by atoms with Crippen molar-refractivity contribution in [1.29, 1.82) is 0 Å². The molecule has 0 aliphatic heterocycles. The summed E-state index contributed by atoms with van der Waals surface area (Å²) in [6.45, 7) is 2.28. The van der Waals surface area contributed by atoms with Crippen molar-refractivity contribution >= 4 is 5.69 Å². The minimum atomic E-state index is -0.494. The highest BCUT2D eigenvalue weighted by Gasteiger charge is 2.15. The number of nitro groups is 1. The van der Waals surface area contributed by atoms with Crippen molar-refractivity contribution in [2.45, 2.75) is 32.4 Å². The predicted molar refractivity (Wildman–Crippen MR) is 78.6 cm³/mol. The Bertz CT molecular complexity index is 640. The fourth-order valence-electron chi connectivity index (χ4n) is 2.21. The van der Waals surface area contributed by atoms with Crippen molar-refractivity contribution < 1.29 is 9.31 Å². The second kappa shape index (κ2) is 6.49. The predicted octanol–water partition coefficient (Wildman–Crippen LogP) is 2.86. The lowest BCUT2D eigenvalue weighted by Gasteiger charge is -2.07. The number of rotatable bonds is 6. The van der Waals surface area contributed by atoms with Gasteiger partial charge in [0, 0.05) is 24.5 Å². The summed E-state index contributed by atoms with van der Waals surface area (Å²) in [5.74, 6) is -0.476. The van der Waals surface area contributed by atoms with Gasteiger partial charge in [0.25, 0.3) is 5.69 Å². The van der Waals surface area contributed by atoms with Crippen LogP contribution in [0.2, 0.25) is 0 Å². The van der Waals surface area contributed by atoms with Crippen molar-refractivity contribution in [3.05, 3.63) is 63.7 Å². The third kappa shape index (κ3) is 3.88. The van der Waals surface area contributed by atoms with Crippen LogP contribution in [-0.2, 0) is 13.0 Å². The molecular weight excluding hydrogens is 273 g/mol. The Morgan fingerprint density at radius 3 is 2.86 bits per heavy atom. The summed E-state index contributed by atoms with van der Waals surface area (Å²) >= 11 is 0. The molecule has 0 saturated carbocycles. The molecule has 1 aromatic carbocycles. The van der Waals surface area contributed by atoms with E-state index in [0.717, 1.165) is 24.5 Å². The molecule has 0 aliphatic carbocycles. The molecule has 0 fully saturated rings. The third-order valence-corrected chi connectivity index (χ3v) is 3.43. The Kier molecular flexibility index (Phi) is 4.70. The topological polar surface area (TPSA) is 74.1 Å². The number of halogens is 1. The molecule has 0 saturated heterocycles. The lowest BCUT2D eigenvalue weighted by molar-refractivity contribution is -0.385. The van der Waals surface area contributed by atoms with Crippen molar-refractivity contribution in [2.75, 3.05) is 0 Å². The molecular formula is C15H18FN3O2. The Balaban J connectivity index is 2.18. The Morgan fingerprint density at radius 1 is 1.43 bits per heavy atom. The number of hydrogen-bond donors (Lipinski definition) is 1. The normalized spacial score (nSPS) is 12.3. The summed E-state index contributed by atoms with van der Waals surface area (Å²) in [5, 5.41) is 11.0. The van der Waals surface area contributed by atoms with E-state index in [1.807, 2.05) is 25.4 Å². The molecule has 1 heterocycles. The molecule has 0 radical (unpaired) electrons. The van der Waals surface area contributed by atoms with Gasteiger partial charge in [0.15, 0.2) is 0 Å². The number of nitrogens with two attached hydrogens (primary N) is 1. The molecule has 2 N–H and O–H groups in total. The van der Waals surface area contributed by atoms with Gasteiger partial charge in [0.1, 0.15) is 5.82 Å². The zero-order valence-electron chi connectivity index (χ0n) is 11.8. The van der Waals surface area contributed by atoms with E-state index >= 15 is 0 Å². The Hall–Kier alpha value is -2.21. The van der Waals surface area contributed by atoms with Gasteiger partial charge in [-0.15, -0.1) is 0 Å². The molecule has 1 aromatic heterocycles. The SMILES string of the molecule is CCC(N)Cc1ccn(Cc2cc(F)ccc2[N+](=O)[O-])c1. The smallest absolute Gasteiger partial charge is 0.274 e. The largest absolute Gasteiger partial charge is 0.349 e. The van der Waals surface area contributed by atoms with E-state index in [0.29, 0.717) is 5.56 Å². The number of nitro benzene ring substituents is 1. The van der Waals surface area contributed by atoms with Gasteiger partial charge in [-0.05, 0) is 36.6 Å². The molecule has 0 aliphatic rings. The third-order valence-electron chi connectivity index (χ3n) is 3.43. The number of aromatic nitrogens is 1. The van der Waals surface area contributed by atoms with Crippen LogP contribution in [0.25, 0.3) is 0 Å². The van der Waals surface area contributed by atoms with E-state index in [2.05, 4.69) is 0 Å².